The molecule has 0 amide bonds. The number of ether oxygens (including phenoxy) is 1. The SMILES string of the molecule is N#Cc1cnc(N)cc1NCCOC1CCCC1. The molecule has 0 atom stereocenters. The van der Waals surface area contributed by atoms with Gasteiger partial charge in [-0.25, -0.2) is 4.98 Å². The van der Waals surface area contributed by atoms with Crippen molar-refractivity contribution in [3.63, 3.8) is 0 Å². The minimum Gasteiger partial charge on any atom is -0.384 e. The van der Waals surface area contributed by atoms with E-state index in [2.05, 4.69) is 16.4 Å². The van der Waals surface area contributed by atoms with E-state index in [0.717, 1.165) is 5.69 Å². The van der Waals surface area contributed by atoms with Crippen LogP contribution in [-0.4, -0.2) is 24.2 Å². The summed E-state index contributed by atoms with van der Waals surface area (Å²) in [5, 5.41) is 12.1. The van der Waals surface area contributed by atoms with Gasteiger partial charge in [-0.2, -0.15) is 5.26 Å². The molecule has 1 heterocycles. The Kier molecular flexibility index (Phi) is 4.37. The second kappa shape index (κ2) is 6.22. The lowest BCUT2D eigenvalue weighted by atomic mass is 10.2. The molecule has 1 fully saturated rings. The Hall–Kier alpha value is -1.80. The van der Waals surface area contributed by atoms with Gasteiger partial charge in [0.05, 0.1) is 24.0 Å². The molecule has 18 heavy (non-hydrogen) atoms. The lowest BCUT2D eigenvalue weighted by Gasteiger charge is -2.12. The molecule has 1 aromatic rings. The molecule has 0 bridgehead atoms. The molecule has 1 aliphatic carbocycles. The smallest absolute Gasteiger partial charge is 0.125 e. The summed E-state index contributed by atoms with van der Waals surface area (Å²) in [6.07, 6.45) is 6.80. The maximum absolute atomic E-state index is 8.94. The molecular weight excluding hydrogens is 228 g/mol. The van der Waals surface area contributed by atoms with E-state index in [0.29, 0.717) is 30.6 Å². The van der Waals surface area contributed by atoms with E-state index in [1.807, 2.05) is 0 Å². The highest BCUT2D eigenvalue weighted by molar-refractivity contribution is 5.60. The van der Waals surface area contributed by atoms with Crippen LogP contribution in [0.2, 0.25) is 0 Å². The number of rotatable bonds is 5. The third-order valence-electron chi connectivity index (χ3n) is 3.12. The Morgan fingerprint density at radius 1 is 1.50 bits per heavy atom. The van der Waals surface area contributed by atoms with Gasteiger partial charge in [0.25, 0.3) is 0 Å². The zero-order chi connectivity index (χ0) is 12.8. The molecule has 1 saturated carbocycles. The number of nitrogens with one attached hydrogen (secondary N) is 1. The normalized spacial score (nSPS) is 15.5. The molecule has 0 unspecified atom stereocenters. The number of aromatic nitrogens is 1. The fourth-order valence-electron chi connectivity index (χ4n) is 2.17. The zero-order valence-electron chi connectivity index (χ0n) is 10.4. The maximum atomic E-state index is 8.94. The second-order valence-electron chi connectivity index (χ2n) is 4.47. The van der Waals surface area contributed by atoms with Crippen LogP contribution in [-0.2, 0) is 4.74 Å². The average molecular weight is 246 g/mol. The molecule has 3 N–H and O–H groups in total. The first-order valence-electron chi connectivity index (χ1n) is 6.30. The molecule has 96 valence electrons. The highest BCUT2D eigenvalue weighted by Gasteiger charge is 2.14. The molecule has 5 heteroatoms. The highest BCUT2D eigenvalue weighted by atomic mass is 16.5. The zero-order valence-corrected chi connectivity index (χ0v) is 10.4. The van der Waals surface area contributed by atoms with Crippen LogP contribution in [0, 0.1) is 11.3 Å². The Balaban J connectivity index is 1.79. The summed E-state index contributed by atoms with van der Waals surface area (Å²) in [5.74, 6) is 0.410. The van der Waals surface area contributed by atoms with E-state index in [1.54, 1.807) is 6.07 Å². The van der Waals surface area contributed by atoms with Crippen molar-refractivity contribution < 1.29 is 4.74 Å². The van der Waals surface area contributed by atoms with Crippen molar-refractivity contribution >= 4 is 11.5 Å². The summed E-state index contributed by atoms with van der Waals surface area (Å²) >= 11 is 0. The summed E-state index contributed by atoms with van der Waals surface area (Å²) in [5.41, 5.74) is 6.82. The molecule has 0 spiro atoms. The van der Waals surface area contributed by atoms with Crippen molar-refractivity contribution in [1.29, 1.82) is 5.26 Å². The van der Waals surface area contributed by atoms with Crippen LogP contribution in [0.25, 0.3) is 0 Å². The number of nitrogens with zero attached hydrogens (tertiary/aromatic N) is 2. The van der Waals surface area contributed by atoms with E-state index in [1.165, 1.54) is 31.9 Å². The quantitative estimate of drug-likeness (QED) is 0.775. The minimum absolute atomic E-state index is 0.410. The Labute approximate surface area is 107 Å². The molecule has 5 nitrogen and oxygen atoms in total. The van der Waals surface area contributed by atoms with Crippen LogP contribution in [0.1, 0.15) is 31.2 Å². The molecular formula is C13H18N4O. The fraction of sp³-hybridized carbons (Fsp3) is 0.538. The predicted molar refractivity (Wildman–Crippen MR) is 70.1 cm³/mol. The first-order chi connectivity index (χ1) is 8.79. The number of hydrogen-bond donors (Lipinski definition) is 2. The van der Waals surface area contributed by atoms with E-state index < -0.39 is 0 Å². The van der Waals surface area contributed by atoms with Crippen molar-refractivity contribution in [2.24, 2.45) is 0 Å². The first-order valence-corrected chi connectivity index (χ1v) is 6.30. The van der Waals surface area contributed by atoms with Crippen LogP contribution in [0.3, 0.4) is 0 Å². The lowest BCUT2D eigenvalue weighted by molar-refractivity contribution is 0.0659. The van der Waals surface area contributed by atoms with Crippen molar-refractivity contribution in [3.8, 4) is 6.07 Å². The van der Waals surface area contributed by atoms with Crippen molar-refractivity contribution in [2.75, 3.05) is 24.2 Å². The summed E-state index contributed by atoms with van der Waals surface area (Å²) in [6.45, 7) is 1.33. The van der Waals surface area contributed by atoms with Gasteiger partial charge in [0.2, 0.25) is 0 Å². The standard InChI is InChI=1S/C13H18N4O/c14-8-10-9-17-13(15)7-12(10)16-5-6-18-11-3-1-2-4-11/h7,9,11H,1-6H2,(H3,15,16,17). The average Bonchev–Trinajstić information content (AvgIpc) is 2.88. The number of nitrogen functional groups attached to an aromatic ring is 1. The molecule has 0 radical (unpaired) electrons. The molecule has 0 aliphatic heterocycles. The molecule has 0 saturated heterocycles. The van der Waals surface area contributed by atoms with Gasteiger partial charge < -0.3 is 15.8 Å². The molecule has 2 rings (SSSR count). The number of nitrogens with two attached hydrogens (primary N) is 1. The van der Waals surface area contributed by atoms with Gasteiger partial charge in [-0.3, -0.25) is 0 Å². The number of hydrogen-bond acceptors (Lipinski definition) is 5. The Morgan fingerprint density at radius 2 is 2.28 bits per heavy atom. The van der Waals surface area contributed by atoms with Crippen molar-refractivity contribution in [3.05, 3.63) is 17.8 Å². The van der Waals surface area contributed by atoms with E-state index in [-0.39, 0.29) is 0 Å². The lowest BCUT2D eigenvalue weighted by Crippen LogP contribution is -2.16. The topological polar surface area (TPSA) is 84.0 Å². The molecule has 0 aromatic carbocycles. The van der Waals surface area contributed by atoms with Gasteiger partial charge in [-0.15, -0.1) is 0 Å². The van der Waals surface area contributed by atoms with Gasteiger partial charge in [-0.1, -0.05) is 12.8 Å². The van der Waals surface area contributed by atoms with E-state index in [9.17, 15) is 0 Å². The predicted octanol–water partition coefficient (Wildman–Crippen LogP) is 1.91. The van der Waals surface area contributed by atoms with Crippen LogP contribution in [0.5, 0.6) is 0 Å². The Morgan fingerprint density at radius 3 is 3.00 bits per heavy atom. The number of nitriles is 1. The van der Waals surface area contributed by atoms with Crippen LogP contribution in [0.15, 0.2) is 12.3 Å². The Bertz CT molecular complexity index is 435. The summed E-state index contributed by atoms with van der Waals surface area (Å²) in [7, 11) is 0. The van der Waals surface area contributed by atoms with Gasteiger partial charge in [0, 0.05) is 18.8 Å². The minimum atomic E-state index is 0.410. The van der Waals surface area contributed by atoms with Gasteiger partial charge >= 0.3 is 0 Å². The van der Waals surface area contributed by atoms with Crippen LogP contribution < -0.4 is 11.1 Å². The summed E-state index contributed by atoms with van der Waals surface area (Å²) < 4.78 is 5.74. The second-order valence-corrected chi connectivity index (χ2v) is 4.47. The fourth-order valence-corrected chi connectivity index (χ4v) is 2.17. The first kappa shape index (κ1) is 12.7. The highest BCUT2D eigenvalue weighted by Crippen LogP contribution is 2.21. The van der Waals surface area contributed by atoms with E-state index in [4.69, 9.17) is 15.7 Å². The van der Waals surface area contributed by atoms with Gasteiger partial charge in [0.1, 0.15) is 11.9 Å². The van der Waals surface area contributed by atoms with Crippen molar-refractivity contribution in [2.45, 2.75) is 31.8 Å². The molecule has 1 aliphatic rings. The monoisotopic (exact) mass is 246 g/mol. The molecule has 1 aromatic heterocycles. The van der Waals surface area contributed by atoms with Gasteiger partial charge in [-0.05, 0) is 12.8 Å². The third-order valence-corrected chi connectivity index (χ3v) is 3.12. The summed E-state index contributed by atoms with van der Waals surface area (Å²) in [6, 6.07) is 3.76. The van der Waals surface area contributed by atoms with E-state index >= 15 is 0 Å². The summed E-state index contributed by atoms with van der Waals surface area (Å²) in [4.78, 5) is 3.89. The number of anilines is 2. The van der Waals surface area contributed by atoms with Crippen molar-refractivity contribution in [1.82, 2.24) is 4.98 Å². The largest absolute Gasteiger partial charge is 0.384 e. The number of pyridine rings is 1. The van der Waals surface area contributed by atoms with Crippen LogP contribution >= 0.6 is 0 Å². The maximum Gasteiger partial charge on any atom is 0.125 e. The van der Waals surface area contributed by atoms with Gasteiger partial charge in [0.15, 0.2) is 0 Å². The third kappa shape index (κ3) is 3.34. The van der Waals surface area contributed by atoms with Crippen LogP contribution in [0.4, 0.5) is 11.5 Å².